The summed E-state index contributed by atoms with van der Waals surface area (Å²) in [5.74, 6) is 3.38. The van der Waals surface area contributed by atoms with E-state index >= 15 is 0 Å². The maximum Gasteiger partial charge on any atom is 0.340 e. The van der Waals surface area contributed by atoms with Gasteiger partial charge in [-0.15, -0.1) is 0 Å². The molecule has 0 saturated heterocycles. The highest BCUT2D eigenvalue weighted by atomic mass is 35.5. The average molecular weight is 617 g/mol. The zero-order chi connectivity index (χ0) is 31.7. The Labute approximate surface area is 251 Å². The van der Waals surface area contributed by atoms with E-state index in [1.165, 1.54) is 6.07 Å². The molecule has 8 N–H and O–H groups in total. The SMILES string of the molecule is CC.Cc1c(F)cc2nc3c(c4c2c1CCC4)Cn1c-3cc2c(c1=O)COC(=O)C2O.NC(=O)/C(N)=C(\Cl)N(N)CCO. The number of halogens is 2. The first-order valence-corrected chi connectivity index (χ1v) is 14.2. The Morgan fingerprint density at radius 3 is 2.51 bits per heavy atom. The molecule has 230 valence electrons. The van der Waals surface area contributed by atoms with Crippen LogP contribution in [0, 0.1) is 12.7 Å². The largest absolute Gasteiger partial charge is 0.458 e. The molecule has 3 aromatic rings. The van der Waals surface area contributed by atoms with Gasteiger partial charge in [-0.1, -0.05) is 25.4 Å². The highest BCUT2D eigenvalue weighted by Crippen LogP contribution is 2.42. The molecule has 1 aromatic carbocycles. The molecule has 1 atom stereocenters. The van der Waals surface area contributed by atoms with E-state index in [0.29, 0.717) is 34.6 Å². The van der Waals surface area contributed by atoms with E-state index in [2.05, 4.69) is 0 Å². The normalized spacial score (nSPS) is 16.4. The van der Waals surface area contributed by atoms with Crippen molar-refractivity contribution < 1.29 is 28.9 Å². The number of fused-ring (bicyclic) bond motifs is 5. The summed E-state index contributed by atoms with van der Waals surface area (Å²) in [5, 5.41) is 20.4. The van der Waals surface area contributed by atoms with Crippen molar-refractivity contribution in [1.82, 2.24) is 14.6 Å². The topological polar surface area (TPSA) is 200 Å². The number of aromatic nitrogens is 2. The molecule has 4 heterocycles. The van der Waals surface area contributed by atoms with Crippen molar-refractivity contribution in [1.29, 1.82) is 0 Å². The number of aryl methyl sites for hydroxylation is 2. The van der Waals surface area contributed by atoms with E-state index in [-0.39, 0.29) is 47.6 Å². The second-order valence-corrected chi connectivity index (χ2v) is 10.3. The van der Waals surface area contributed by atoms with Crippen LogP contribution in [-0.4, -0.2) is 49.8 Å². The van der Waals surface area contributed by atoms with Crippen molar-refractivity contribution in [2.24, 2.45) is 17.3 Å². The molecule has 1 aliphatic carbocycles. The van der Waals surface area contributed by atoms with Crippen molar-refractivity contribution >= 4 is 34.4 Å². The third-order valence-electron chi connectivity index (χ3n) is 7.62. The lowest BCUT2D eigenvalue weighted by Crippen LogP contribution is -2.35. The van der Waals surface area contributed by atoms with Gasteiger partial charge >= 0.3 is 5.97 Å². The van der Waals surface area contributed by atoms with Crippen LogP contribution in [-0.2, 0) is 40.3 Å². The summed E-state index contributed by atoms with van der Waals surface area (Å²) in [7, 11) is 0. The van der Waals surface area contributed by atoms with Gasteiger partial charge in [-0.05, 0) is 48.9 Å². The minimum absolute atomic E-state index is 0.0762. The van der Waals surface area contributed by atoms with Crippen molar-refractivity contribution in [3.63, 3.8) is 0 Å². The van der Waals surface area contributed by atoms with Crippen LogP contribution in [0.4, 0.5) is 4.39 Å². The maximum absolute atomic E-state index is 14.5. The molecule has 0 bridgehead atoms. The fraction of sp³-hybridized carbons (Fsp3) is 0.379. The molecule has 0 radical (unpaired) electrons. The number of rotatable bonds is 4. The average Bonchev–Trinajstić information content (AvgIpc) is 3.37. The number of aliphatic hydroxyl groups excluding tert-OH is 2. The molecule has 6 rings (SSSR count). The van der Waals surface area contributed by atoms with Crippen LogP contribution in [0.25, 0.3) is 22.3 Å². The van der Waals surface area contributed by atoms with E-state index in [1.54, 1.807) is 17.6 Å². The zero-order valence-electron chi connectivity index (χ0n) is 24.0. The standard InChI is InChI=1S/C22H17FN2O4.C5H11ClN4O2.C2H6/c1-9-10-3-2-4-11-13-7-25-17(19(13)24-16(18(10)11)6-15(9)23)5-12-14(21(25)27)8-29-22(28)20(12)26;6-4(3(7)5(8)12)10(9)1-2-11;1-2/h5-6,20,26H,2-4,7-8H2,1H3;11H,1-2,7,9H2,(H2,8,12);1-2H3/b;4-3-;. The van der Waals surface area contributed by atoms with Gasteiger partial charge in [0.1, 0.15) is 23.3 Å². The number of nitrogens with two attached hydrogens (primary N) is 3. The lowest BCUT2D eigenvalue weighted by atomic mass is 9.85. The van der Waals surface area contributed by atoms with Gasteiger partial charge in [0.25, 0.3) is 11.5 Å². The molecular weight excluding hydrogens is 583 g/mol. The Hall–Kier alpha value is -4.04. The zero-order valence-corrected chi connectivity index (χ0v) is 24.8. The van der Waals surface area contributed by atoms with Gasteiger partial charge in [-0.25, -0.2) is 20.0 Å². The van der Waals surface area contributed by atoms with Crippen LogP contribution < -0.4 is 22.9 Å². The van der Waals surface area contributed by atoms with Crippen molar-refractivity contribution in [3.8, 4) is 11.4 Å². The number of hydrogen-bond donors (Lipinski definition) is 5. The monoisotopic (exact) mass is 616 g/mol. The first kappa shape index (κ1) is 31.9. The van der Waals surface area contributed by atoms with E-state index in [9.17, 15) is 23.9 Å². The Balaban J connectivity index is 0.000000258. The number of esters is 1. The van der Waals surface area contributed by atoms with Crippen molar-refractivity contribution in [3.05, 3.63) is 72.5 Å². The molecule has 1 unspecified atom stereocenters. The van der Waals surface area contributed by atoms with Crippen LogP contribution in [0.5, 0.6) is 0 Å². The molecule has 14 heteroatoms. The number of nitrogens with zero attached hydrogens (tertiary/aromatic N) is 3. The van der Waals surface area contributed by atoms with Crippen LogP contribution in [0.1, 0.15) is 59.8 Å². The van der Waals surface area contributed by atoms with E-state index < -0.39 is 18.0 Å². The fourth-order valence-electron chi connectivity index (χ4n) is 5.53. The van der Waals surface area contributed by atoms with E-state index in [1.807, 2.05) is 13.8 Å². The van der Waals surface area contributed by atoms with Gasteiger partial charge in [0.2, 0.25) is 0 Å². The van der Waals surface area contributed by atoms with Gasteiger partial charge in [0, 0.05) is 22.6 Å². The fourth-order valence-corrected chi connectivity index (χ4v) is 5.70. The number of hydrogen-bond acceptors (Lipinski definition) is 10. The van der Waals surface area contributed by atoms with Crippen LogP contribution in [0.3, 0.4) is 0 Å². The predicted molar refractivity (Wildman–Crippen MR) is 158 cm³/mol. The number of ether oxygens (including phenoxy) is 1. The van der Waals surface area contributed by atoms with Gasteiger partial charge in [0.15, 0.2) is 6.10 Å². The lowest BCUT2D eigenvalue weighted by Gasteiger charge is -2.22. The van der Waals surface area contributed by atoms with Gasteiger partial charge in [0.05, 0.1) is 42.2 Å². The summed E-state index contributed by atoms with van der Waals surface area (Å²) in [5.41, 5.74) is 15.5. The third kappa shape index (κ3) is 5.56. The van der Waals surface area contributed by atoms with Crippen molar-refractivity contribution in [2.45, 2.75) is 59.3 Å². The summed E-state index contributed by atoms with van der Waals surface area (Å²) in [6.45, 7) is 5.93. The molecule has 0 saturated carbocycles. The Morgan fingerprint density at radius 2 is 1.86 bits per heavy atom. The van der Waals surface area contributed by atoms with Crippen LogP contribution >= 0.6 is 11.6 Å². The quantitative estimate of drug-likeness (QED) is 0.0735. The number of aliphatic hydroxyl groups is 2. The number of pyridine rings is 2. The smallest absolute Gasteiger partial charge is 0.340 e. The Kier molecular flexibility index (Phi) is 9.40. The number of primary amides is 1. The van der Waals surface area contributed by atoms with Crippen LogP contribution in [0.15, 0.2) is 27.8 Å². The predicted octanol–water partition coefficient (Wildman–Crippen LogP) is 1.48. The first-order chi connectivity index (χ1) is 20.5. The molecule has 3 aliphatic rings. The summed E-state index contributed by atoms with van der Waals surface area (Å²) in [6.07, 6.45) is 1.12. The number of amides is 1. The number of carbonyl (C=O) groups excluding carboxylic acids is 2. The molecule has 2 aromatic heterocycles. The molecule has 2 aliphatic heterocycles. The molecule has 43 heavy (non-hydrogen) atoms. The van der Waals surface area contributed by atoms with Crippen LogP contribution in [0.2, 0.25) is 0 Å². The summed E-state index contributed by atoms with van der Waals surface area (Å²) < 4.78 is 21.1. The number of carbonyl (C=O) groups is 2. The van der Waals surface area contributed by atoms with E-state index in [4.69, 9.17) is 43.7 Å². The number of hydrazine groups is 1. The second kappa shape index (κ2) is 12.7. The highest BCUT2D eigenvalue weighted by molar-refractivity contribution is 6.31. The summed E-state index contributed by atoms with van der Waals surface area (Å²) in [6, 6.07) is 3.13. The molecule has 0 fully saturated rings. The molecule has 12 nitrogen and oxygen atoms in total. The summed E-state index contributed by atoms with van der Waals surface area (Å²) >= 11 is 5.50. The second-order valence-electron chi connectivity index (χ2n) is 9.98. The number of benzene rings is 1. The summed E-state index contributed by atoms with van der Waals surface area (Å²) in [4.78, 5) is 40.0. The Morgan fingerprint density at radius 1 is 1.19 bits per heavy atom. The maximum atomic E-state index is 14.5. The van der Waals surface area contributed by atoms with Gasteiger partial charge in [-0.2, -0.15) is 0 Å². The molecule has 0 spiro atoms. The molecular formula is C29H34ClFN6O6. The molecule has 1 amide bonds. The van der Waals surface area contributed by atoms with Gasteiger partial charge in [-0.3, -0.25) is 14.6 Å². The van der Waals surface area contributed by atoms with Gasteiger partial charge < -0.3 is 31.0 Å². The minimum atomic E-state index is -1.48. The first-order valence-electron chi connectivity index (χ1n) is 13.8. The number of cyclic esters (lactones) is 1. The third-order valence-corrected chi connectivity index (χ3v) is 8.04. The van der Waals surface area contributed by atoms with E-state index in [0.717, 1.165) is 46.3 Å². The van der Waals surface area contributed by atoms with Crippen molar-refractivity contribution in [2.75, 3.05) is 13.2 Å². The Bertz CT molecular complexity index is 1720. The minimum Gasteiger partial charge on any atom is -0.458 e. The highest BCUT2D eigenvalue weighted by Gasteiger charge is 2.35. The lowest BCUT2D eigenvalue weighted by molar-refractivity contribution is -0.157.